The monoisotopic (exact) mass is 343 g/mol. The second-order valence-electron chi connectivity index (χ2n) is 8.52. The molecule has 3 N–H and O–H groups in total. The highest BCUT2D eigenvalue weighted by atomic mass is 16.2. The molecule has 1 amide bonds. The number of aryl methyl sites for hydroxylation is 1. The summed E-state index contributed by atoms with van der Waals surface area (Å²) in [6, 6.07) is 7.22. The summed E-state index contributed by atoms with van der Waals surface area (Å²) < 4.78 is 1.24. The zero-order valence-electron chi connectivity index (χ0n) is 15.6. The Morgan fingerprint density at radius 1 is 1.16 bits per heavy atom. The van der Waals surface area contributed by atoms with Gasteiger partial charge in [0.15, 0.2) is 5.69 Å². The lowest BCUT2D eigenvalue weighted by Gasteiger charge is -2.43. The van der Waals surface area contributed by atoms with Gasteiger partial charge in [-0.15, -0.1) is 0 Å². The van der Waals surface area contributed by atoms with Crippen LogP contribution in [0.15, 0.2) is 29.1 Å². The van der Waals surface area contributed by atoms with E-state index in [1.165, 1.54) is 4.68 Å². The lowest BCUT2D eigenvalue weighted by atomic mass is 9.79. The molecule has 6 heteroatoms. The minimum Gasteiger partial charge on any atom is -0.347 e. The first-order chi connectivity index (χ1) is 11.6. The summed E-state index contributed by atoms with van der Waals surface area (Å²) in [5.41, 5.74) is 0.252. The Morgan fingerprint density at radius 2 is 1.72 bits per heavy atom. The molecule has 2 aromatic rings. The summed E-state index contributed by atoms with van der Waals surface area (Å²) in [6.07, 6.45) is 1.79. The normalized spacial score (nSPS) is 19.7. The van der Waals surface area contributed by atoms with Gasteiger partial charge in [-0.25, -0.2) is 4.68 Å². The van der Waals surface area contributed by atoms with E-state index >= 15 is 0 Å². The average molecular weight is 343 g/mol. The van der Waals surface area contributed by atoms with Crippen LogP contribution in [0.3, 0.4) is 0 Å². The summed E-state index contributed by atoms with van der Waals surface area (Å²) in [6.45, 7) is 8.81. The third-order valence-electron chi connectivity index (χ3n) is 4.83. The van der Waals surface area contributed by atoms with Crippen LogP contribution in [0.4, 0.5) is 0 Å². The number of nitrogens with one attached hydrogen (secondary N) is 1. The van der Waals surface area contributed by atoms with Crippen molar-refractivity contribution < 1.29 is 10.1 Å². The Balaban J connectivity index is 1.93. The number of nitrogens with zero attached hydrogens (tertiary/aromatic N) is 2. The first-order valence-corrected chi connectivity index (χ1v) is 8.72. The second-order valence-corrected chi connectivity index (χ2v) is 8.52. The molecule has 3 rings (SSSR count). The lowest BCUT2D eigenvalue weighted by Crippen LogP contribution is -3.06. The first kappa shape index (κ1) is 17.6. The van der Waals surface area contributed by atoms with Crippen LogP contribution in [0.1, 0.15) is 51.0 Å². The predicted octanol–water partition coefficient (Wildman–Crippen LogP) is 0.946. The predicted molar refractivity (Wildman–Crippen MR) is 97.6 cm³/mol. The second kappa shape index (κ2) is 5.95. The quantitative estimate of drug-likeness (QED) is 0.852. The van der Waals surface area contributed by atoms with Crippen LogP contribution in [-0.2, 0) is 7.05 Å². The summed E-state index contributed by atoms with van der Waals surface area (Å²) in [5.74, 6) is -0.217. The molecule has 25 heavy (non-hydrogen) atoms. The number of amides is 1. The van der Waals surface area contributed by atoms with Gasteiger partial charge in [-0.05, 0) is 33.8 Å². The molecule has 0 bridgehead atoms. The Hall–Kier alpha value is -2.21. The average Bonchev–Trinajstić information content (AvgIpc) is 2.47. The molecule has 0 aliphatic carbocycles. The number of piperidine rings is 1. The van der Waals surface area contributed by atoms with Crippen LogP contribution in [-0.4, -0.2) is 32.8 Å². The molecule has 6 nitrogen and oxygen atoms in total. The highest BCUT2D eigenvalue weighted by Gasteiger charge is 2.42. The zero-order valence-corrected chi connectivity index (χ0v) is 15.6. The van der Waals surface area contributed by atoms with Crippen LogP contribution in [0.25, 0.3) is 10.8 Å². The molecule has 0 saturated carbocycles. The fraction of sp³-hybridized carbons (Fsp3) is 0.526. The first-order valence-electron chi connectivity index (χ1n) is 8.72. The van der Waals surface area contributed by atoms with E-state index in [0.717, 1.165) is 12.8 Å². The molecule has 134 valence electrons. The molecular weight excluding hydrogens is 316 g/mol. The van der Waals surface area contributed by atoms with Crippen LogP contribution < -0.4 is 16.2 Å². The van der Waals surface area contributed by atoms with Crippen LogP contribution in [0.5, 0.6) is 0 Å². The summed E-state index contributed by atoms with van der Waals surface area (Å²) in [5, 5.41) is 10.9. The summed E-state index contributed by atoms with van der Waals surface area (Å²) >= 11 is 0. The van der Waals surface area contributed by atoms with E-state index in [2.05, 4.69) is 43.4 Å². The van der Waals surface area contributed by atoms with Crippen molar-refractivity contribution in [1.29, 1.82) is 0 Å². The van der Waals surface area contributed by atoms with Crippen molar-refractivity contribution in [3.05, 3.63) is 40.3 Å². The van der Waals surface area contributed by atoms with E-state index in [-0.39, 0.29) is 28.6 Å². The highest BCUT2D eigenvalue weighted by molar-refractivity contribution is 6.04. The Labute approximate surface area is 147 Å². The van der Waals surface area contributed by atoms with Crippen LogP contribution >= 0.6 is 0 Å². The van der Waals surface area contributed by atoms with Gasteiger partial charge in [0.25, 0.3) is 11.5 Å². The van der Waals surface area contributed by atoms with E-state index in [1.54, 1.807) is 25.2 Å². The molecule has 1 saturated heterocycles. The van der Waals surface area contributed by atoms with Gasteiger partial charge in [0, 0.05) is 31.3 Å². The van der Waals surface area contributed by atoms with Gasteiger partial charge in [-0.2, -0.15) is 5.10 Å². The Kier molecular flexibility index (Phi) is 4.19. The zero-order chi connectivity index (χ0) is 18.4. The standard InChI is InChI=1S/C19H26N4O2/c1-18(2)10-12(11-19(3,4)22-18)20-16(24)15-13-8-6-7-9-14(13)17(25)23(5)21-15/h6-9,12,22H,10-11H2,1-5H3,(H,20,24)/p+1. The minimum absolute atomic E-state index is 0.0682. The summed E-state index contributed by atoms with van der Waals surface area (Å²) in [4.78, 5) is 25.1. The number of carbonyl (C=O) groups excluding carboxylic acids is 1. The van der Waals surface area contributed by atoms with Gasteiger partial charge < -0.3 is 10.6 Å². The fourth-order valence-corrected chi connectivity index (χ4v) is 4.34. The fourth-order valence-electron chi connectivity index (χ4n) is 4.34. The SMILES string of the molecule is Cn1nc(C(=O)NC2CC(C)(C)[NH2+]C(C)(C)C2)c2ccccc2c1=O. The van der Waals surface area contributed by atoms with E-state index in [1.807, 2.05) is 6.07 Å². The molecular formula is C19H27N4O2+. The van der Waals surface area contributed by atoms with Crippen molar-refractivity contribution in [2.45, 2.75) is 57.7 Å². The van der Waals surface area contributed by atoms with Gasteiger partial charge in [0.2, 0.25) is 0 Å². The number of rotatable bonds is 2. The maximum absolute atomic E-state index is 12.9. The number of carbonyl (C=O) groups is 1. The maximum atomic E-state index is 12.9. The Bertz CT molecular complexity index is 867. The molecule has 2 heterocycles. The third kappa shape index (κ3) is 3.58. The third-order valence-corrected chi connectivity index (χ3v) is 4.83. The van der Waals surface area contributed by atoms with Gasteiger partial charge in [0.1, 0.15) is 0 Å². The number of fused-ring (bicyclic) bond motifs is 1. The van der Waals surface area contributed by atoms with Crippen molar-refractivity contribution in [3.8, 4) is 0 Å². The van der Waals surface area contributed by atoms with Gasteiger partial charge >= 0.3 is 0 Å². The highest BCUT2D eigenvalue weighted by Crippen LogP contribution is 2.22. The van der Waals surface area contributed by atoms with E-state index < -0.39 is 0 Å². The van der Waals surface area contributed by atoms with Crippen molar-refractivity contribution >= 4 is 16.7 Å². The topological polar surface area (TPSA) is 80.6 Å². The molecule has 0 spiro atoms. The molecule has 0 radical (unpaired) electrons. The van der Waals surface area contributed by atoms with Gasteiger partial charge in [0.05, 0.1) is 16.5 Å². The number of quaternary nitrogens is 1. The molecule has 1 aliphatic heterocycles. The maximum Gasteiger partial charge on any atom is 0.274 e. The van der Waals surface area contributed by atoms with E-state index in [4.69, 9.17) is 0 Å². The number of nitrogens with two attached hydrogens (primary N) is 1. The molecule has 0 atom stereocenters. The number of benzene rings is 1. The van der Waals surface area contributed by atoms with Crippen LogP contribution in [0, 0.1) is 0 Å². The molecule has 1 aromatic heterocycles. The van der Waals surface area contributed by atoms with Crippen molar-refractivity contribution in [1.82, 2.24) is 15.1 Å². The largest absolute Gasteiger partial charge is 0.347 e. The summed E-state index contributed by atoms with van der Waals surface area (Å²) in [7, 11) is 1.58. The van der Waals surface area contributed by atoms with Crippen LogP contribution in [0.2, 0.25) is 0 Å². The van der Waals surface area contributed by atoms with Crippen molar-refractivity contribution in [2.24, 2.45) is 7.05 Å². The van der Waals surface area contributed by atoms with E-state index in [9.17, 15) is 9.59 Å². The number of hydrogen-bond acceptors (Lipinski definition) is 3. The van der Waals surface area contributed by atoms with Gasteiger partial charge in [-0.3, -0.25) is 9.59 Å². The smallest absolute Gasteiger partial charge is 0.274 e. The molecule has 1 aliphatic rings. The lowest BCUT2D eigenvalue weighted by molar-refractivity contribution is -0.787. The molecule has 1 fully saturated rings. The molecule has 1 aromatic carbocycles. The van der Waals surface area contributed by atoms with Gasteiger partial charge in [-0.1, -0.05) is 18.2 Å². The Morgan fingerprint density at radius 3 is 2.32 bits per heavy atom. The number of aromatic nitrogens is 2. The van der Waals surface area contributed by atoms with E-state index in [0.29, 0.717) is 16.5 Å². The van der Waals surface area contributed by atoms with Crippen molar-refractivity contribution in [2.75, 3.05) is 0 Å². The minimum atomic E-state index is -0.217. The number of hydrogen-bond donors (Lipinski definition) is 2. The molecule has 0 unspecified atom stereocenters. The van der Waals surface area contributed by atoms with Crippen molar-refractivity contribution in [3.63, 3.8) is 0 Å².